The lowest BCUT2D eigenvalue weighted by molar-refractivity contribution is 0.0518. The number of ether oxygens (including phenoxy) is 1. The summed E-state index contributed by atoms with van der Waals surface area (Å²) in [5.74, 6) is 0.234. The summed E-state index contributed by atoms with van der Waals surface area (Å²) in [6.07, 6.45) is 3.97. The first-order valence-corrected chi connectivity index (χ1v) is 4.95. The van der Waals surface area contributed by atoms with Crippen molar-refractivity contribution in [2.24, 2.45) is 0 Å². The van der Waals surface area contributed by atoms with Gasteiger partial charge in [0.05, 0.1) is 6.61 Å². The molecule has 74 valence electrons. The number of esters is 1. The summed E-state index contributed by atoms with van der Waals surface area (Å²) < 4.78 is 4.95. The van der Waals surface area contributed by atoms with Gasteiger partial charge in [0, 0.05) is 6.20 Å². The second-order valence-corrected chi connectivity index (χ2v) is 3.44. The van der Waals surface area contributed by atoms with Crippen molar-refractivity contribution < 1.29 is 9.53 Å². The third-order valence-electron chi connectivity index (χ3n) is 2.32. The Kier molecular flexibility index (Phi) is 2.48. The van der Waals surface area contributed by atoms with Gasteiger partial charge in [0.2, 0.25) is 0 Å². The maximum Gasteiger partial charge on any atom is 0.357 e. The summed E-state index contributed by atoms with van der Waals surface area (Å²) in [5, 5.41) is 0. The molecule has 3 nitrogen and oxygen atoms in total. The summed E-state index contributed by atoms with van der Waals surface area (Å²) in [6, 6.07) is 3.84. The van der Waals surface area contributed by atoms with E-state index in [1.165, 1.54) is 0 Å². The van der Waals surface area contributed by atoms with Crippen LogP contribution in [0, 0.1) is 0 Å². The van der Waals surface area contributed by atoms with E-state index in [4.69, 9.17) is 4.74 Å². The first-order valence-electron chi connectivity index (χ1n) is 4.95. The van der Waals surface area contributed by atoms with Crippen LogP contribution in [0.15, 0.2) is 18.3 Å². The number of carbonyl (C=O) groups is 1. The molecule has 1 heterocycles. The molecule has 1 aliphatic carbocycles. The standard InChI is InChI=1S/C11H13NO2/c1-2-14-11(13)10-9(8-5-6-8)4-3-7-12-10/h3-4,7-8H,2,5-6H2,1H3. The number of carbonyl (C=O) groups excluding carboxylic acids is 1. The molecule has 0 aliphatic heterocycles. The molecular weight excluding hydrogens is 178 g/mol. The molecule has 0 radical (unpaired) electrons. The Morgan fingerprint density at radius 2 is 2.43 bits per heavy atom. The van der Waals surface area contributed by atoms with Gasteiger partial charge in [-0.3, -0.25) is 0 Å². The van der Waals surface area contributed by atoms with Gasteiger partial charge in [-0.15, -0.1) is 0 Å². The maximum atomic E-state index is 11.5. The minimum atomic E-state index is -0.296. The zero-order chi connectivity index (χ0) is 9.97. The van der Waals surface area contributed by atoms with Crippen molar-refractivity contribution in [1.29, 1.82) is 0 Å². The Hall–Kier alpha value is -1.38. The van der Waals surface area contributed by atoms with E-state index in [2.05, 4.69) is 4.98 Å². The third-order valence-corrected chi connectivity index (χ3v) is 2.32. The van der Waals surface area contributed by atoms with Crippen molar-refractivity contribution in [3.8, 4) is 0 Å². The van der Waals surface area contributed by atoms with Crippen molar-refractivity contribution >= 4 is 5.97 Å². The van der Waals surface area contributed by atoms with Crippen LogP contribution in [0.3, 0.4) is 0 Å². The molecule has 1 aromatic heterocycles. The fraction of sp³-hybridized carbons (Fsp3) is 0.455. The van der Waals surface area contributed by atoms with Crippen molar-refractivity contribution in [3.63, 3.8) is 0 Å². The maximum absolute atomic E-state index is 11.5. The van der Waals surface area contributed by atoms with E-state index < -0.39 is 0 Å². The first-order chi connectivity index (χ1) is 6.83. The molecular formula is C11H13NO2. The SMILES string of the molecule is CCOC(=O)c1ncccc1C1CC1. The fourth-order valence-corrected chi connectivity index (χ4v) is 1.51. The second kappa shape index (κ2) is 3.78. The zero-order valence-electron chi connectivity index (χ0n) is 8.19. The lowest BCUT2D eigenvalue weighted by Gasteiger charge is -2.05. The number of pyridine rings is 1. The van der Waals surface area contributed by atoms with Crippen LogP contribution < -0.4 is 0 Å². The molecule has 1 saturated carbocycles. The predicted molar refractivity (Wildman–Crippen MR) is 52.2 cm³/mol. The molecule has 0 atom stereocenters. The fourth-order valence-electron chi connectivity index (χ4n) is 1.51. The average Bonchev–Trinajstić information content (AvgIpc) is 3.01. The minimum Gasteiger partial charge on any atom is -0.461 e. The Balaban J connectivity index is 2.26. The van der Waals surface area contributed by atoms with Gasteiger partial charge in [-0.2, -0.15) is 0 Å². The quantitative estimate of drug-likeness (QED) is 0.687. The van der Waals surface area contributed by atoms with Crippen LogP contribution in [-0.4, -0.2) is 17.6 Å². The second-order valence-electron chi connectivity index (χ2n) is 3.44. The third kappa shape index (κ3) is 1.76. The predicted octanol–water partition coefficient (Wildman–Crippen LogP) is 2.14. The summed E-state index contributed by atoms with van der Waals surface area (Å²) in [6.45, 7) is 2.21. The van der Waals surface area contributed by atoms with Crippen molar-refractivity contribution in [2.75, 3.05) is 6.61 Å². The average molecular weight is 191 g/mol. The van der Waals surface area contributed by atoms with Crippen LogP contribution in [0.25, 0.3) is 0 Å². The van der Waals surface area contributed by atoms with Gasteiger partial charge in [0.1, 0.15) is 0 Å². The van der Waals surface area contributed by atoms with Gasteiger partial charge < -0.3 is 4.74 Å². The monoisotopic (exact) mass is 191 g/mol. The van der Waals surface area contributed by atoms with Gasteiger partial charge in [0.25, 0.3) is 0 Å². The normalized spacial score (nSPS) is 15.2. The molecule has 0 aromatic carbocycles. The molecule has 0 bridgehead atoms. The molecule has 14 heavy (non-hydrogen) atoms. The molecule has 0 unspecified atom stereocenters. The van der Waals surface area contributed by atoms with Crippen molar-refractivity contribution in [3.05, 3.63) is 29.6 Å². The molecule has 1 aliphatic rings. The largest absolute Gasteiger partial charge is 0.461 e. The Bertz CT molecular complexity index is 345. The highest BCUT2D eigenvalue weighted by Crippen LogP contribution is 2.41. The van der Waals surface area contributed by atoms with Crippen LogP contribution in [-0.2, 0) is 4.74 Å². The molecule has 1 aromatic rings. The summed E-state index contributed by atoms with van der Waals surface area (Å²) in [5.41, 5.74) is 1.54. The number of aromatic nitrogens is 1. The van der Waals surface area contributed by atoms with Gasteiger partial charge >= 0.3 is 5.97 Å². The van der Waals surface area contributed by atoms with Crippen LogP contribution in [0.2, 0.25) is 0 Å². The number of hydrogen-bond donors (Lipinski definition) is 0. The highest BCUT2D eigenvalue weighted by molar-refractivity contribution is 5.89. The molecule has 2 rings (SSSR count). The molecule has 0 amide bonds. The first kappa shape index (κ1) is 9.19. The summed E-state index contributed by atoms with van der Waals surface area (Å²) in [4.78, 5) is 15.6. The molecule has 1 fully saturated rings. The lowest BCUT2D eigenvalue weighted by Crippen LogP contribution is -2.09. The van der Waals surface area contributed by atoms with Gasteiger partial charge in [-0.1, -0.05) is 6.07 Å². The van der Waals surface area contributed by atoms with E-state index in [0.29, 0.717) is 18.2 Å². The molecule has 0 spiro atoms. The van der Waals surface area contributed by atoms with E-state index in [9.17, 15) is 4.79 Å². The van der Waals surface area contributed by atoms with Crippen molar-refractivity contribution in [2.45, 2.75) is 25.7 Å². The van der Waals surface area contributed by atoms with E-state index in [0.717, 1.165) is 18.4 Å². The van der Waals surface area contributed by atoms with E-state index in [1.54, 1.807) is 13.1 Å². The van der Waals surface area contributed by atoms with Crippen LogP contribution >= 0.6 is 0 Å². The number of rotatable bonds is 3. The van der Waals surface area contributed by atoms with Crippen molar-refractivity contribution in [1.82, 2.24) is 4.98 Å². The summed E-state index contributed by atoms with van der Waals surface area (Å²) >= 11 is 0. The van der Waals surface area contributed by atoms with Gasteiger partial charge in [-0.05, 0) is 37.3 Å². The van der Waals surface area contributed by atoms with Gasteiger partial charge in [0.15, 0.2) is 5.69 Å². The van der Waals surface area contributed by atoms with E-state index in [1.807, 2.05) is 12.1 Å². The highest BCUT2D eigenvalue weighted by atomic mass is 16.5. The molecule has 0 saturated heterocycles. The molecule has 0 N–H and O–H groups in total. The van der Waals surface area contributed by atoms with Gasteiger partial charge in [-0.25, -0.2) is 9.78 Å². The Morgan fingerprint density at radius 1 is 1.64 bits per heavy atom. The van der Waals surface area contributed by atoms with E-state index >= 15 is 0 Å². The Morgan fingerprint density at radius 3 is 3.07 bits per heavy atom. The summed E-state index contributed by atoms with van der Waals surface area (Å²) in [7, 11) is 0. The number of hydrogen-bond acceptors (Lipinski definition) is 3. The van der Waals surface area contributed by atoms with Crippen LogP contribution in [0.5, 0.6) is 0 Å². The smallest absolute Gasteiger partial charge is 0.357 e. The van der Waals surface area contributed by atoms with Crippen LogP contribution in [0.1, 0.15) is 41.7 Å². The van der Waals surface area contributed by atoms with E-state index in [-0.39, 0.29) is 5.97 Å². The Labute approximate surface area is 83.1 Å². The van der Waals surface area contributed by atoms with Crippen LogP contribution in [0.4, 0.5) is 0 Å². The zero-order valence-corrected chi connectivity index (χ0v) is 8.19. The number of nitrogens with zero attached hydrogens (tertiary/aromatic N) is 1. The minimum absolute atomic E-state index is 0.296. The highest BCUT2D eigenvalue weighted by Gasteiger charge is 2.28. The molecule has 3 heteroatoms. The lowest BCUT2D eigenvalue weighted by atomic mass is 10.1. The topological polar surface area (TPSA) is 39.2 Å².